The van der Waals surface area contributed by atoms with Crippen LogP contribution in [0.25, 0.3) is 0 Å². The fourth-order valence-electron chi connectivity index (χ4n) is 2.07. The van der Waals surface area contributed by atoms with Crippen LogP contribution in [0.3, 0.4) is 0 Å². The number of hydrogen-bond donors (Lipinski definition) is 1. The van der Waals surface area contributed by atoms with Crippen LogP contribution in [0.2, 0.25) is 0 Å². The van der Waals surface area contributed by atoms with Crippen molar-refractivity contribution >= 4 is 21.8 Å². The molecule has 0 fully saturated rings. The summed E-state index contributed by atoms with van der Waals surface area (Å²) in [7, 11) is -3.46. The summed E-state index contributed by atoms with van der Waals surface area (Å²) in [5.41, 5.74) is 0.312. The number of fused-ring (bicyclic) bond motifs is 1. The van der Waals surface area contributed by atoms with Crippen molar-refractivity contribution in [3.63, 3.8) is 0 Å². The number of nitrogens with zero attached hydrogens (tertiary/aromatic N) is 2. The highest BCUT2D eigenvalue weighted by atomic mass is 32.2. The Morgan fingerprint density at radius 1 is 1.45 bits per heavy atom. The second-order valence-electron chi connectivity index (χ2n) is 4.78. The minimum absolute atomic E-state index is 0.0216. The van der Waals surface area contributed by atoms with Crippen molar-refractivity contribution in [3.8, 4) is 0 Å². The minimum atomic E-state index is -3.46. The number of unbranched alkanes of at least 4 members (excludes halogenated alkanes) is 2. The second kappa shape index (κ2) is 6.21. The Morgan fingerprint density at radius 3 is 3.00 bits per heavy atom. The van der Waals surface area contributed by atoms with Crippen molar-refractivity contribution in [3.05, 3.63) is 23.9 Å². The first kappa shape index (κ1) is 14.8. The van der Waals surface area contributed by atoms with E-state index in [1.54, 1.807) is 23.3 Å². The van der Waals surface area contributed by atoms with E-state index in [2.05, 4.69) is 16.6 Å². The average Bonchev–Trinajstić information content (AvgIpc) is 2.42. The normalized spacial score (nSPS) is 19.9. The summed E-state index contributed by atoms with van der Waals surface area (Å²) < 4.78 is 26.9. The summed E-state index contributed by atoms with van der Waals surface area (Å²) in [6, 6.07) is 0. The van der Waals surface area contributed by atoms with Gasteiger partial charge in [0.25, 0.3) is 15.9 Å². The molecule has 0 saturated heterocycles. The summed E-state index contributed by atoms with van der Waals surface area (Å²) in [6.07, 6.45) is 8.13. The van der Waals surface area contributed by atoms with Crippen LogP contribution in [-0.4, -0.2) is 43.9 Å². The Hall–Kier alpha value is -1.63. The summed E-state index contributed by atoms with van der Waals surface area (Å²) in [5, 5.41) is 2.80. The molecule has 0 unspecified atom stereocenters. The van der Waals surface area contributed by atoms with Crippen molar-refractivity contribution in [2.45, 2.75) is 26.2 Å². The first-order valence-corrected chi connectivity index (χ1v) is 8.41. The third-order valence-electron chi connectivity index (χ3n) is 3.17. The van der Waals surface area contributed by atoms with E-state index in [1.165, 1.54) is 0 Å². The van der Waals surface area contributed by atoms with Gasteiger partial charge in [-0.3, -0.25) is 4.79 Å². The number of rotatable bonds is 5. The zero-order valence-electron chi connectivity index (χ0n) is 11.5. The number of amides is 1. The molecule has 0 aliphatic carbocycles. The van der Waals surface area contributed by atoms with E-state index in [0.29, 0.717) is 18.7 Å². The fraction of sp³-hybridized carbons (Fsp3) is 0.538. The van der Waals surface area contributed by atoms with Gasteiger partial charge >= 0.3 is 0 Å². The van der Waals surface area contributed by atoms with Gasteiger partial charge in [0.05, 0.1) is 11.3 Å². The summed E-state index contributed by atoms with van der Waals surface area (Å²) >= 11 is 0. The summed E-state index contributed by atoms with van der Waals surface area (Å²) in [6.45, 7) is 3.02. The maximum absolute atomic E-state index is 12.1. The van der Waals surface area contributed by atoms with Crippen LogP contribution in [0.4, 0.5) is 0 Å². The number of nitrogens with one attached hydrogen (secondary N) is 1. The molecule has 7 heteroatoms. The average molecular weight is 297 g/mol. The van der Waals surface area contributed by atoms with Crippen molar-refractivity contribution < 1.29 is 13.2 Å². The highest BCUT2D eigenvalue weighted by molar-refractivity contribution is 7.90. The minimum Gasteiger partial charge on any atom is -0.352 e. The lowest BCUT2D eigenvalue weighted by molar-refractivity contribution is -0.117. The van der Waals surface area contributed by atoms with Crippen molar-refractivity contribution in [2.24, 2.45) is 4.40 Å². The molecule has 2 aliphatic rings. The zero-order chi connectivity index (χ0) is 14.6. The molecule has 1 N–H and O–H groups in total. The van der Waals surface area contributed by atoms with Crippen LogP contribution in [0, 0.1) is 0 Å². The molecule has 0 bridgehead atoms. The van der Waals surface area contributed by atoms with Gasteiger partial charge in [0.1, 0.15) is 0 Å². The molecule has 2 heterocycles. The third kappa shape index (κ3) is 3.47. The summed E-state index contributed by atoms with van der Waals surface area (Å²) in [4.78, 5) is 13.8. The fourth-order valence-corrected chi connectivity index (χ4v) is 3.05. The zero-order valence-corrected chi connectivity index (χ0v) is 12.3. The number of sulfonamides is 1. The Kier molecular flexibility index (Phi) is 4.59. The first-order chi connectivity index (χ1) is 9.53. The van der Waals surface area contributed by atoms with Crippen LogP contribution in [0.5, 0.6) is 0 Å². The van der Waals surface area contributed by atoms with Gasteiger partial charge in [-0.05, 0) is 18.6 Å². The van der Waals surface area contributed by atoms with Gasteiger partial charge in [-0.15, -0.1) is 4.40 Å². The van der Waals surface area contributed by atoms with Crippen molar-refractivity contribution in [1.82, 2.24) is 10.2 Å². The number of carbonyl (C=O) groups is 1. The molecule has 0 aromatic carbocycles. The van der Waals surface area contributed by atoms with Crippen LogP contribution in [0.15, 0.2) is 28.3 Å². The quantitative estimate of drug-likeness (QED) is 0.761. The maximum Gasteiger partial charge on any atom is 0.256 e. The predicted molar refractivity (Wildman–Crippen MR) is 77.7 cm³/mol. The largest absolute Gasteiger partial charge is 0.352 e. The Morgan fingerprint density at radius 2 is 2.25 bits per heavy atom. The smallest absolute Gasteiger partial charge is 0.256 e. The second-order valence-corrected chi connectivity index (χ2v) is 6.53. The number of amidine groups is 1. The van der Waals surface area contributed by atoms with Crippen LogP contribution in [0.1, 0.15) is 26.2 Å². The van der Waals surface area contributed by atoms with Gasteiger partial charge in [-0.1, -0.05) is 19.8 Å². The molecule has 1 amide bonds. The van der Waals surface area contributed by atoms with Gasteiger partial charge in [-0.25, -0.2) is 8.42 Å². The molecule has 20 heavy (non-hydrogen) atoms. The monoisotopic (exact) mass is 297 g/mol. The molecule has 0 spiro atoms. The predicted octanol–water partition coefficient (Wildman–Crippen LogP) is 0.790. The van der Waals surface area contributed by atoms with Crippen LogP contribution >= 0.6 is 0 Å². The first-order valence-electron chi connectivity index (χ1n) is 6.80. The Labute approximate surface area is 119 Å². The van der Waals surface area contributed by atoms with E-state index >= 15 is 0 Å². The Balaban J connectivity index is 2.10. The molecular weight excluding hydrogens is 278 g/mol. The van der Waals surface area contributed by atoms with E-state index in [-0.39, 0.29) is 17.5 Å². The van der Waals surface area contributed by atoms with E-state index in [0.717, 1.165) is 19.3 Å². The van der Waals surface area contributed by atoms with Crippen molar-refractivity contribution in [2.75, 3.05) is 18.8 Å². The lowest BCUT2D eigenvalue weighted by Gasteiger charge is -2.28. The third-order valence-corrected chi connectivity index (χ3v) is 4.32. The molecule has 0 atom stereocenters. The molecule has 110 valence electrons. The molecule has 0 radical (unpaired) electrons. The van der Waals surface area contributed by atoms with E-state index in [1.807, 2.05) is 0 Å². The van der Waals surface area contributed by atoms with Gasteiger partial charge < -0.3 is 10.2 Å². The lowest BCUT2D eigenvalue weighted by atomic mass is 10.1. The number of allylic oxidation sites excluding steroid dienone is 2. The van der Waals surface area contributed by atoms with Gasteiger partial charge in [-0.2, -0.15) is 0 Å². The highest BCUT2D eigenvalue weighted by Crippen LogP contribution is 2.17. The number of carbonyl (C=O) groups excluding carboxylic acids is 1. The topological polar surface area (TPSA) is 78.8 Å². The standard InChI is InChI=1S/C13H19N3O3S/c1-2-3-4-7-14-13(17)11-6-5-8-16-9-10-20(18,19)15-12(11)16/h5-6,8H,2-4,7,9-10H2,1H3,(H,14,17). The van der Waals surface area contributed by atoms with E-state index < -0.39 is 10.0 Å². The van der Waals surface area contributed by atoms with Gasteiger partial charge in [0.15, 0.2) is 5.84 Å². The lowest BCUT2D eigenvalue weighted by Crippen LogP contribution is -2.42. The van der Waals surface area contributed by atoms with Crippen molar-refractivity contribution in [1.29, 1.82) is 0 Å². The van der Waals surface area contributed by atoms with E-state index in [4.69, 9.17) is 0 Å². The number of hydrogen-bond acceptors (Lipinski definition) is 4. The molecule has 0 aromatic rings. The van der Waals surface area contributed by atoms with Gasteiger partial charge in [0.2, 0.25) is 0 Å². The SMILES string of the molecule is CCCCCNC(=O)C1=CC=CN2CCS(=O)(=O)N=C12. The molecule has 6 nitrogen and oxygen atoms in total. The Bertz CT molecular complexity index is 576. The summed E-state index contributed by atoms with van der Waals surface area (Å²) in [5.74, 6) is -0.0651. The van der Waals surface area contributed by atoms with Crippen LogP contribution < -0.4 is 5.32 Å². The molecule has 2 rings (SSSR count). The molecular formula is C13H19N3O3S. The molecule has 2 aliphatic heterocycles. The van der Waals surface area contributed by atoms with E-state index in [9.17, 15) is 13.2 Å². The van der Waals surface area contributed by atoms with Crippen LogP contribution in [-0.2, 0) is 14.8 Å². The highest BCUT2D eigenvalue weighted by Gasteiger charge is 2.29. The maximum atomic E-state index is 12.1. The van der Waals surface area contributed by atoms with Gasteiger partial charge in [0, 0.05) is 19.3 Å². The molecule has 0 aromatic heterocycles. The molecule has 0 saturated carbocycles.